The predicted molar refractivity (Wildman–Crippen MR) is 109 cm³/mol. The lowest BCUT2D eigenvalue weighted by molar-refractivity contribution is -0.134. The normalized spacial score (nSPS) is 17.2. The average Bonchev–Trinajstić information content (AvgIpc) is 3.05. The van der Waals surface area contributed by atoms with E-state index in [-0.39, 0.29) is 5.91 Å². The second kappa shape index (κ2) is 7.82. The number of benzene rings is 2. The van der Waals surface area contributed by atoms with Gasteiger partial charge >= 0.3 is 0 Å². The molecule has 4 rings (SSSR count). The van der Waals surface area contributed by atoms with E-state index in [4.69, 9.17) is 4.98 Å². The summed E-state index contributed by atoms with van der Waals surface area (Å²) in [6, 6.07) is 18.6. The van der Waals surface area contributed by atoms with E-state index in [1.807, 2.05) is 51.9 Å². The molecule has 1 amide bonds. The van der Waals surface area contributed by atoms with Crippen LogP contribution >= 0.6 is 0 Å². The zero-order valence-electron chi connectivity index (χ0n) is 15.8. The molecule has 0 saturated carbocycles. The Bertz CT molecular complexity index is 918. The number of hydrogen-bond acceptors (Lipinski definition) is 3. The maximum atomic E-state index is 13.0. The Labute approximate surface area is 160 Å². The number of aromatic nitrogens is 2. The summed E-state index contributed by atoms with van der Waals surface area (Å²) in [5.74, 6) is 0.922. The van der Waals surface area contributed by atoms with Crippen LogP contribution in [0.3, 0.4) is 0 Å². The lowest BCUT2D eigenvalue weighted by Crippen LogP contribution is -2.43. The van der Waals surface area contributed by atoms with Gasteiger partial charge in [0.1, 0.15) is 6.54 Å². The lowest BCUT2D eigenvalue weighted by Gasteiger charge is -2.33. The van der Waals surface area contributed by atoms with Crippen molar-refractivity contribution in [2.75, 3.05) is 11.9 Å². The Balaban J connectivity index is 1.59. The number of hydrogen-bond donors (Lipinski definition) is 1. The van der Waals surface area contributed by atoms with Gasteiger partial charge in [0.2, 0.25) is 11.9 Å². The summed E-state index contributed by atoms with van der Waals surface area (Å²) in [6.45, 7) is 4.01. The van der Waals surface area contributed by atoms with Crippen LogP contribution in [0, 0.1) is 0 Å². The lowest BCUT2D eigenvalue weighted by atomic mass is 10.0. The second-order valence-electron chi connectivity index (χ2n) is 7.28. The summed E-state index contributed by atoms with van der Waals surface area (Å²) < 4.78 is 2.02. The summed E-state index contributed by atoms with van der Waals surface area (Å²) in [7, 11) is 0. The van der Waals surface area contributed by atoms with Crippen LogP contribution in [0.1, 0.15) is 31.7 Å². The van der Waals surface area contributed by atoms with Crippen LogP contribution in [0.2, 0.25) is 0 Å². The summed E-state index contributed by atoms with van der Waals surface area (Å²) in [5.41, 5.74) is 3.09. The van der Waals surface area contributed by atoms with Crippen LogP contribution in [0.4, 0.5) is 5.95 Å². The minimum Gasteiger partial charge on any atom is -0.352 e. The van der Waals surface area contributed by atoms with Crippen molar-refractivity contribution in [1.29, 1.82) is 0 Å². The Hall–Kier alpha value is -2.82. The average molecular weight is 362 g/mol. The number of likely N-dealkylation sites (tertiary alicyclic amines) is 1. The Morgan fingerprint density at radius 3 is 2.70 bits per heavy atom. The molecule has 27 heavy (non-hydrogen) atoms. The third-order valence-corrected chi connectivity index (χ3v) is 5.36. The Morgan fingerprint density at radius 1 is 1.11 bits per heavy atom. The summed E-state index contributed by atoms with van der Waals surface area (Å²) >= 11 is 0. The number of rotatable bonds is 5. The first-order chi connectivity index (χ1) is 13.2. The molecule has 0 aliphatic carbocycles. The summed E-state index contributed by atoms with van der Waals surface area (Å²) in [6.07, 6.45) is 3.40. The van der Waals surface area contributed by atoms with Crippen molar-refractivity contribution in [3.05, 3.63) is 60.2 Å². The maximum Gasteiger partial charge on any atom is 0.242 e. The number of nitrogens with one attached hydrogen (secondary N) is 1. The third-order valence-electron chi connectivity index (χ3n) is 5.36. The molecule has 1 aliphatic heterocycles. The van der Waals surface area contributed by atoms with E-state index < -0.39 is 0 Å². The number of imidazole rings is 1. The van der Waals surface area contributed by atoms with Gasteiger partial charge in [-0.3, -0.25) is 4.79 Å². The molecule has 3 aromatic rings. The molecule has 0 bridgehead atoms. The van der Waals surface area contributed by atoms with Crippen LogP contribution in [-0.4, -0.2) is 32.9 Å². The maximum absolute atomic E-state index is 13.0. The first-order valence-electron chi connectivity index (χ1n) is 9.75. The molecule has 2 aromatic carbocycles. The summed E-state index contributed by atoms with van der Waals surface area (Å²) in [5, 5.41) is 3.42. The molecule has 5 nitrogen and oxygen atoms in total. The second-order valence-corrected chi connectivity index (χ2v) is 7.28. The minimum absolute atomic E-state index is 0.174. The molecule has 2 heterocycles. The quantitative estimate of drug-likeness (QED) is 0.745. The third kappa shape index (κ3) is 3.82. The highest BCUT2D eigenvalue weighted by Gasteiger charge is 2.24. The van der Waals surface area contributed by atoms with Crippen molar-refractivity contribution in [1.82, 2.24) is 14.5 Å². The van der Waals surface area contributed by atoms with Gasteiger partial charge in [0.15, 0.2) is 0 Å². The monoisotopic (exact) mass is 362 g/mol. The highest BCUT2D eigenvalue weighted by atomic mass is 16.2. The topological polar surface area (TPSA) is 50.2 Å². The molecule has 0 spiro atoms. The fraction of sp³-hybridized carbons (Fsp3) is 0.364. The van der Waals surface area contributed by atoms with E-state index in [2.05, 4.69) is 24.4 Å². The fourth-order valence-corrected chi connectivity index (χ4v) is 3.84. The molecule has 1 atom stereocenters. The number of piperidine rings is 1. The molecular weight excluding hydrogens is 336 g/mol. The van der Waals surface area contributed by atoms with Crippen LogP contribution in [0.25, 0.3) is 11.0 Å². The van der Waals surface area contributed by atoms with E-state index in [1.54, 1.807) is 0 Å². The number of carbonyl (C=O) groups excluding carboxylic acids is 1. The predicted octanol–water partition coefficient (Wildman–Crippen LogP) is 4.05. The Kier molecular flexibility index (Phi) is 5.10. The van der Waals surface area contributed by atoms with E-state index in [9.17, 15) is 4.79 Å². The van der Waals surface area contributed by atoms with E-state index in [0.717, 1.165) is 36.4 Å². The van der Waals surface area contributed by atoms with Crippen molar-refractivity contribution in [2.24, 2.45) is 0 Å². The largest absolute Gasteiger partial charge is 0.352 e. The molecule has 1 aromatic heterocycles. The molecule has 5 heteroatoms. The van der Waals surface area contributed by atoms with E-state index >= 15 is 0 Å². The minimum atomic E-state index is 0.174. The highest BCUT2D eigenvalue weighted by Crippen LogP contribution is 2.22. The zero-order chi connectivity index (χ0) is 18.6. The fourth-order valence-electron chi connectivity index (χ4n) is 3.84. The van der Waals surface area contributed by atoms with Crippen molar-refractivity contribution in [3.63, 3.8) is 0 Å². The molecule has 1 N–H and O–H groups in total. The molecule has 0 radical (unpaired) electrons. The van der Waals surface area contributed by atoms with Gasteiger partial charge in [-0.25, -0.2) is 4.98 Å². The van der Waals surface area contributed by atoms with Gasteiger partial charge < -0.3 is 14.8 Å². The van der Waals surface area contributed by atoms with Crippen molar-refractivity contribution >= 4 is 22.9 Å². The highest BCUT2D eigenvalue weighted by molar-refractivity contribution is 5.83. The van der Waals surface area contributed by atoms with Gasteiger partial charge in [-0.1, -0.05) is 42.5 Å². The van der Waals surface area contributed by atoms with Crippen molar-refractivity contribution < 1.29 is 4.79 Å². The first kappa shape index (κ1) is 17.6. The molecule has 0 unspecified atom stereocenters. The van der Waals surface area contributed by atoms with Gasteiger partial charge in [0.05, 0.1) is 11.0 Å². The van der Waals surface area contributed by atoms with Crippen LogP contribution in [-0.2, 0) is 17.9 Å². The summed E-state index contributed by atoms with van der Waals surface area (Å²) in [4.78, 5) is 19.7. The first-order valence-corrected chi connectivity index (χ1v) is 9.75. The van der Waals surface area contributed by atoms with Crippen molar-refractivity contribution in [2.45, 2.75) is 45.3 Å². The molecule has 1 aliphatic rings. The molecule has 1 fully saturated rings. The zero-order valence-corrected chi connectivity index (χ0v) is 15.8. The molecular formula is C22H26N4O. The van der Waals surface area contributed by atoms with E-state index in [0.29, 0.717) is 19.1 Å². The SMILES string of the molecule is C[C@@H]1CCCCN1C(=O)Cn1c(NCc2ccccc2)nc2ccccc21. The van der Waals surface area contributed by atoms with E-state index in [1.165, 1.54) is 12.0 Å². The smallest absolute Gasteiger partial charge is 0.242 e. The number of nitrogens with zero attached hydrogens (tertiary/aromatic N) is 3. The molecule has 140 valence electrons. The number of para-hydroxylation sites is 2. The van der Waals surface area contributed by atoms with Gasteiger partial charge in [-0.15, -0.1) is 0 Å². The standard InChI is InChI=1S/C22H26N4O/c1-17-9-7-8-14-25(17)21(27)16-26-20-13-6-5-12-19(20)24-22(26)23-15-18-10-3-2-4-11-18/h2-6,10-13,17H,7-9,14-16H2,1H3,(H,23,24)/t17-/m1/s1. The van der Waals surface area contributed by atoms with Gasteiger partial charge in [-0.2, -0.15) is 0 Å². The van der Waals surface area contributed by atoms with Crippen molar-refractivity contribution in [3.8, 4) is 0 Å². The number of anilines is 1. The van der Waals surface area contributed by atoms with Crippen LogP contribution in [0.5, 0.6) is 0 Å². The number of fused-ring (bicyclic) bond motifs is 1. The molecule has 1 saturated heterocycles. The van der Waals surface area contributed by atoms with Crippen LogP contribution in [0.15, 0.2) is 54.6 Å². The number of carbonyl (C=O) groups is 1. The van der Waals surface area contributed by atoms with Crippen LogP contribution < -0.4 is 5.32 Å². The number of amides is 1. The van der Waals surface area contributed by atoms with Gasteiger partial charge in [-0.05, 0) is 43.9 Å². The van der Waals surface area contributed by atoms with Gasteiger partial charge in [0.25, 0.3) is 0 Å². The van der Waals surface area contributed by atoms with Gasteiger partial charge in [0, 0.05) is 19.1 Å². The Morgan fingerprint density at radius 2 is 1.89 bits per heavy atom.